The predicted octanol–water partition coefficient (Wildman–Crippen LogP) is 3.88. The van der Waals surface area contributed by atoms with Crippen molar-refractivity contribution in [1.29, 1.82) is 0 Å². The van der Waals surface area contributed by atoms with Crippen molar-refractivity contribution in [3.05, 3.63) is 24.3 Å². The molecule has 1 amide bonds. The Kier molecular flexibility index (Phi) is 5.04. The lowest BCUT2D eigenvalue weighted by molar-refractivity contribution is -0.134. The number of fused-ring (bicyclic) bond motifs is 3. The maximum Gasteiger partial charge on any atom is 0.233 e. The van der Waals surface area contributed by atoms with Crippen LogP contribution >= 0.6 is 11.8 Å². The maximum absolute atomic E-state index is 12.7. The van der Waals surface area contributed by atoms with Crippen molar-refractivity contribution in [2.75, 3.05) is 5.75 Å². The van der Waals surface area contributed by atoms with Gasteiger partial charge in [-0.25, -0.2) is 4.98 Å². The largest absolute Gasteiger partial charge is 0.337 e. The van der Waals surface area contributed by atoms with Gasteiger partial charge in [0.25, 0.3) is 0 Å². The molecule has 1 aliphatic heterocycles. The standard InChI is InChI=1S/C20H25N5OS/c1-4-24-16-11-6-5-10-15(16)18-19(24)21-20(23-22-18)27-12-17(26)25-13(2)8-7-9-14(25)3/h5-6,10-11,13-14H,4,7-9,12H2,1-3H3/t13-,14-/m1/s1. The van der Waals surface area contributed by atoms with Crippen molar-refractivity contribution in [3.8, 4) is 0 Å². The highest BCUT2D eigenvalue weighted by Crippen LogP contribution is 2.28. The van der Waals surface area contributed by atoms with Gasteiger partial charge >= 0.3 is 0 Å². The molecular formula is C20H25N5OS. The zero-order valence-corrected chi connectivity index (χ0v) is 16.9. The fourth-order valence-electron chi connectivity index (χ4n) is 4.18. The SMILES string of the molecule is CCn1c2ccccc2c2nnc(SCC(=O)N3[C@H](C)CCC[C@H]3C)nc21. The van der Waals surface area contributed by atoms with Crippen LogP contribution in [0, 0.1) is 0 Å². The molecule has 1 saturated heterocycles. The van der Waals surface area contributed by atoms with Crippen LogP contribution in [0.4, 0.5) is 0 Å². The molecule has 6 nitrogen and oxygen atoms in total. The van der Waals surface area contributed by atoms with Crippen LogP contribution in [-0.2, 0) is 11.3 Å². The van der Waals surface area contributed by atoms with Gasteiger partial charge in [-0.3, -0.25) is 4.79 Å². The number of carbonyl (C=O) groups excluding carboxylic acids is 1. The smallest absolute Gasteiger partial charge is 0.233 e. The maximum atomic E-state index is 12.7. The lowest BCUT2D eigenvalue weighted by Crippen LogP contribution is -2.48. The fourth-order valence-corrected chi connectivity index (χ4v) is 4.84. The summed E-state index contributed by atoms with van der Waals surface area (Å²) in [4.78, 5) is 19.5. The lowest BCUT2D eigenvalue weighted by Gasteiger charge is -2.39. The van der Waals surface area contributed by atoms with Crippen molar-refractivity contribution in [1.82, 2.24) is 24.6 Å². The third kappa shape index (κ3) is 3.29. The van der Waals surface area contributed by atoms with E-state index >= 15 is 0 Å². The first-order valence-electron chi connectivity index (χ1n) is 9.65. The molecule has 3 heterocycles. The van der Waals surface area contributed by atoms with Gasteiger partial charge in [0.1, 0.15) is 5.52 Å². The molecule has 0 saturated carbocycles. The number of para-hydroxylation sites is 1. The van der Waals surface area contributed by atoms with E-state index in [1.807, 2.05) is 17.0 Å². The normalized spacial score (nSPS) is 20.5. The molecule has 2 atom stereocenters. The summed E-state index contributed by atoms with van der Waals surface area (Å²) in [5.41, 5.74) is 2.77. The number of rotatable bonds is 4. The van der Waals surface area contributed by atoms with Crippen molar-refractivity contribution in [2.45, 2.75) is 63.8 Å². The minimum atomic E-state index is 0.166. The zero-order chi connectivity index (χ0) is 19.0. The van der Waals surface area contributed by atoms with Crippen molar-refractivity contribution < 1.29 is 4.79 Å². The highest BCUT2D eigenvalue weighted by Gasteiger charge is 2.28. The molecule has 142 valence electrons. The van der Waals surface area contributed by atoms with Gasteiger partial charge in [0.15, 0.2) is 5.65 Å². The Morgan fingerprint density at radius 1 is 1.19 bits per heavy atom. The van der Waals surface area contributed by atoms with Gasteiger partial charge in [-0.15, -0.1) is 10.2 Å². The third-order valence-electron chi connectivity index (χ3n) is 5.48. The molecule has 0 N–H and O–H groups in total. The fraction of sp³-hybridized carbons (Fsp3) is 0.500. The number of benzene rings is 1. The van der Waals surface area contributed by atoms with E-state index in [1.165, 1.54) is 18.2 Å². The topological polar surface area (TPSA) is 63.9 Å². The van der Waals surface area contributed by atoms with E-state index in [0.717, 1.165) is 41.5 Å². The summed E-state index contributed by atoms with van der Waals surface area (Å²) in [6.45, 7) is 7.20. The molecule has 0 unspecified atom stereocenters. The van der Waals surface area contributed by atoms with Crippen LogP contribution < -0.4 is 0 Å². The Morgan fingerprint density at radius 2 is 1.93 bits per heavy atom. The van der Waals surface area contributed by atoms with E-state index < -0.39 is 0 Å². The van der Waals surface area contributed by atoms with Crippen molar-refractivity contribution >= 4 is 39.7 Å². The molecule has 0 bridgehead atoms. The van der Waals surface area contributed by atoms with E-state index in [0.29, 0.717) is 23.0 Å². The first-order chi connectivity index (χ1) is 13.1. The predicted molar refractivity (Wildman–Crippen MR) is 109 cm³/mol. The second-order valence-corrected chi connectivity index (χ2v) is 8.19. The Bertz CT molecular complexity index is 975. The first-order valence-corrected chi connectivity index (χ1v) is 10.6. The Labute approximate surface area is 163 Å². The minimum absolute atomic E-state index is 0.166. The number of hydrogen-bond acceptors (Lipinski definition) is 5. The molecule has 27 heavy (non-hydrogen) atoms. The van der Waals surface area contributed by atoms with Crippen LogP contribution in [0.5, 0.6) is 0 Å². The summed E-state index contributed by atoms with van der Waals surface area (Å²) in [5.74, 6) is 0.522. The van der Waals surface area contributed by atoms with E-state index in [2.05, 4.69) is 47.7 Å². The zero-order valence-electron chi connectivity index (χ0n) is 16.1. The molecule has 7 heteroatoms. The van der Waals surface area contributed by atoms with E-state index in [9.17, 15) is 4.79 Å². The van der Waals surface area contributed by atoms with Crippen LogP contribution in [0.25, 0.3) is 22.1 Å². The van der Waals surface area contributed by atoms with Gasteiger partial charge in [0, 0.05) is 24.0 Å². The summed E-state index contributed by atoms with van der Waals surface area (Å²) < 4.78 is 2.15. The second kappa shape index (κ2) is 7.46. The van der Waals surface area contributed by atoms with Gasteiger partial charge in [0.05, 0.1) is 11.3 Å². The molecule has 4 rings (SSSR count). The summed E-state index contributed by atoms with van der Waals surface area (Å²) in [7, 11) is 0. The summed E-state index contributed by atoms with van der Waals surface area (Å²) in [5, 5.41) is 10.3. The van der Waals surface area contributed by atoms with Crippen LogP contribution in [0.1, 0.15) is 40.0 Å². The molecule has 1 aliphatic rings. The number of aryl methyl sites for hydroxylation is 1. The number of nitrogens with zero attached hydrogens (tertiary/aromatic N) is 5. The van der Waals surface area contributed by atoms with Crippen molar-refractivity contribution in [2.24, 2.45) is 0 Å². The minimum Gasteiger partial charge on any atom is -0.337 e. The van der Waals surface area contributed by atoms with Gasteiger partial charge in [-0.1, -0.05) is 30.0 Å². The summed E-state index contributed by atoms with van der Waals surface area (Å²) >= 11 is 1.38. The van der Waals surface area contributed by atoms with Gasteiger partial charge in [-0.2, -0.15) is 0 Å². The van der Waals surface area contributed by atoms with Gasteiger partial charge in [-0.05, 0) is 46.1 Å². The molecule has 3 aromatic rings. The Balaban J connectivity index is 1.58. The Morgan fingerprint density at radius 3 is 2.67 bits per heavy atom. The quantitative estimate of drug-likeness (QED) is 0.640. The number of carbonyl (C=O) groups is 1. The molecular weight excluding hydrogens is 358 g/mol. The highest BCUT2D eigenvalue weighted by molar-refractivity contribution is 7.99. The molecule has 2 aromatic heterocycles. The van der Waals surface area contributed by atoms with Crippen LogP contribution in [0.3, 0.4) is 0 Å². The van der Waals surface area contributed by atoms with E-state index in [1.54, 1.807) is 0 Å². The van der Waals surface area contributed by atoms with Crippen LogP contribution in [0.15, 0.2) is 29.4 Å². The van der Waals surface area contributed by atoms with Gasteiger partial charge in [0.2, 0.25) is 11.1 Å². The van der Waals surface area contributed by atoms with Crippen LogP contribution in [-0.4, -0.2) is 48.4 Å². The number of thioether (sulfide) groups is 1. The number of aromatic nitrogens is 4. The molecule has 0 radical (unpaired) electrons. The van der Waals surface area contributed by atoms with Crippen molar-refractivity contribution in [3.63, 3.8) is 0 Å². The number of piperidine rings is 1. The second-order valence-electron chi connectivity index (χ2n) is 7.25. The number of amides is 1. The lowest BCUT2D eigenvalue weighted by atomic mass is 9.98. The third-order valence-corrected chi connectivity index (χ3v) is 6.30. The molecule has 1 aromatic carbocycles. The number of likely N-dealkylation sites (tertiary alicyclic amines) is 1. The van der Waals surface area contributed by atoms with Gasteiger partial charge < -0.3 is 9.47 Å². The van der Waals surface area contributed by atoms with E-state index in [-0.39, 0.29) is 5.91 Å². The van der Waals surface area contributed by atoms with Crippen LogP contribution in [0.2, 0.25) is 0 Å². The summed E-state index contributed by atoms with van der Waals surface area (Å²) in [6.07, 6.45) is 3.37. The molecule has 0 aliphatic carbocycles. The van der Waals surface area contributed by atoms with E-state index in [4.69, 9.17) is 4.98 Å². The monoisotopic (exact) mass is 383 g/mol. The average Bonchev–Trinajstić information content (AvgIpc) is 2.99. The summed E-state index contributed by atoms with van der Waals surface area (Å²) in [6, 6.07) is 8.78. The average molecular weight is 384 g/mol. The Hall–Kier alpha value is -2.15. The first kappa shape index (κ1) is 18.2. The molecule has 1 fully saturated rings. The number of hydrogen-bond donors (Lipinski definition) is 0. The highest BCUT2D eigenvalue weighted by atomic mass is 32.2. The molecule has 0 spiro atoms.